The van der Waals surface area contributed by atoms with Crippen LogP contribution in [-0.4, -0.2) is 38.7 Å². The van der Waals surface area contributed by atoms with Crippen molar-refractivity contribution in [2.75, 3.05) is 14.2 Å². The number of hydrogen-bond acceptors (Lipinski definition) is 8. The molecule has 0 radical (unpaired) electrons. The lowest BCUT2D eigenvalue weighted by Crippen LogP contribution is -2.19. The predicted molar refractivity (Wildman–Crippen MR) is 113 cm³/mol. The van der Waals surface area contributed by atoms with Gasteiger partial charge in [-0.25, -0.2) is 17.9 Å². The van der Waals surface area contributed by atoms with Crippen LogP contribution in [0.4, 0.5) is 0 Å². The summed E-state index contributed by atoms with van der Waals surface area (Å²) >= 11 is 5.85. The average molecular weight is 464 g/mol. The molecular formula is C20H18ClN3O6S. The number of nitrogens with one attached hydrogen (secondary N) is 1. The molecule has 0 spiro atoms. The fourth-order valence-electron chi connectivity index (χ4n) is 2.48. The lowest BCUT2D eigenvalue weighted by molar-refractivity contribution is -0.139. The molecule has 0 aliphatic carbocycles. The van der Waals surface area contributed by atoms with Gasteiger partial charge >= 0.3 is 5.97 Å². The van der Waals surface area contributed by atoms with E-state index in [0.717, 1.165) is 6.08 Å². The van der Waals surface area contributed by atoms with E-state index in [1.54, 1.807) is 30.3 Å². The molecule has 0 fully saturated rings. The van der Waals surface area contributed by atoms with Crippen LogP contribution in [0.15, 0.2) is 57.9 Å². The Hall–Kier alpha value is -3.21. The number of halogens is 1. The number of sulfonamides is 1. The van der Waals surface area contributed by atoms with Gasteiger partial charge in [-0.2, -0.15) is 0 Å². The van der Waals surface area contributed by atoms with Crippen molar-refractivity contribution >= 4 is 33.7 Å². The van der Waals surface area contributed by atoms with Gasteiger partial charge in [-0.3, -0.25) is 0 Å². The molecule has 0 unspecified atom stereocenters. The van der Waals surface area contributed by atoms with E-state index < -0.39 is 16.0 Å². The molecule has 3 rings (SSSR count). The van der Waals surface area contributed by atoms with Crippen molar-refractivity contribution < 1.29 is 27.1 Å². The molecule has 0 bridgehead atoms. The van der Waals surface area contributed by atoms with Gasteiger partial charge in [-0.15, -0.1) is 10.2 Å². The average Bonchev–Trinajstić information content (AvgIpc) is 3.25. The quantitative estimate of drug-likeness (QED) is 0.399. The summed E-state index contributed by atoms with van der Waals surface area (Å²) in [4.78, 5) is 11.9. The lowest BCUT2D eigenvalue weighted by atomic mass is 10.2. The summed E-state index contributed by atoms with van der Waals surface area (Å²) in [5.41, 5.74) is 1.15. The summed E-state index contributed by atoms with van der Waals surface area (Å²) in [6, 6.07) is 11.3. The lowest BCUT2D eigenvalue weighted by Gasteiger charge is -2.09. The molecule has 1 N–H and O–H groups in total. The first kappa shape index (κ1) is 22.5. The highest BCUT2D eigenvalue weighted by molar-refractivity contribution is 7.89. The van der Waals surface area contributed by atoms with Crippen LogP contribution in [0.5, 0.6) is 5.75 Å². The molecule has 0 aliphatic rings. The van der Waals surface area contributed by atoms with Crippen LogP contribution < -0.4 is 9.46 Å². The molecule has 0 saturated carbocycles. The van der Waals surface area contributed by atoms with Crippen LogP contribution in [0.3, 0.4) is 0 Å². The van der Waals surface area contributed by atoms with Crippen LogP contribution in [-0.2, 0) is 26.2 Å². The van der Waals surface area contributed by atoms with E-state index in [2.05, 4.69) is 14.9 Å². The van der Waals surface area contributed by atoms with Gasteiger partial charge in [0.05, 0.1) is 7.11 Å². The molecular weight excluding hydrogens is 446 g/mol. The Morgan fingerprint density at radius 1 is 1.19 bits per heavy atom. The third-order valence-electron chi connectivity index (χ3n) is 4.05. The smallest absolute Gasteiger partial charge is 0.331 e. The molecule has 0 atom stereocenters. The highest BCUT2D eigenvalue weighted by atomic mass is 35.5. The normalized spacial score (nSPS) is 11.6. The SMILES string of the molecule is CNS(=O)(=O)c1cc(/C=C/C(=O)OCc2nnc(-c3ccc(Cl)cc3)o2)ccc1OC. The molecule has 0 saturated heterocycles. The van der Waals surface area contributed by atoms with Crippen LogP contribution in [0.2, 0.25) is 5.02 Å². The minimum atomic E-state index is -3.73. The Morgan fingerprint density at radius 2 is 1.94 bits per heavy atom. The fraction of sp³-hybridized carbons (Fsp3) is 0.150. The molecule has 162 valence electrons. The second-order valence-corrected chi connectivity index (χ2v) is 8.36. The van der Waals surface area contributed by atoms with Crippen molar-refractivity contribution in [2.45, 2.75) is 11.5 Å². The number of methoxy groups -OCH3 is 1. The minimum absolute atomic E-state index is 0.0476. The number of ether oxygens (including phenoxy) is 2. The van der Waals surface area contributed by atoms with Gasteiger partial charge in [0.1, 0.15) is 10.6 Å². The minimum Gasteiger partial charge on any atom is -0.495 e. The Labute approximate surface area is 183 Å². The Balaban J connectivity index is 1.64. The molecule has 2 aromatic carbocycles. The van der Waals surface area contributed by atoms with E-state index >= 15 is 0 Å². The molecule has 0 amide bonds. The first-order chi connectivity index (χ1) is 14.8. The summed E-state index contributed by atoms with van der Waals surface area (Å²) in [5.74, 6) is -0.0876. The van der Waals surface area contributed by atoms with Crippen LogP contribution >= 0.6 is 11.6 Å². The highest BCUT2D eigenvalue weighted by Gasteiger charge is 2.17. The maximum Gasteiger partial charge on any atom is 0.331 e. The second-order valence-electron chi connectivity index (χ2n) is 6.07. The van der Waals surface area contributed by atoms with Crippen molar-refractivity contribution in [1.29, 1.82) is 0 Å². The number of nitrogens with zero attached hydrogens (tertiary/aromatic N) is 2. The number of aromatic nitrogens is 2. The number of hydrogen-bond donors (Lipinski definition) is 1. The zero-order valence-electron chi connectivity index (χ0n) is 16.5. The number of benzene rings is 2. The summed E-state index contributed by atoms with van der Waals surface area (Å²) in [6.07, 6.45) is 2.58. The maximum atomic E-state index is 12.1. The molecule has 3 aromatic rings. The maximum absolute atomic E-state index is 12.1. The monoisotopic (exact) mass is 463 g/mol. The first-order valence-corrected chi connectivity index (χ1v) is 10.7. The van der Waals surface area contributed by atoms with Crippen molar-refractivity contribution in [2.24, 2.45) is 0 Å². The van der Waals surface area contributed by atoms with E-state index in [9.17, 15) is 13.2 Å². The van der Waals surface area contributed by atoms with E-state index in [-0.39, 0.29) is 29.0 Å². The standard InChI is InChI=1S/C20H18ClN3O6S/c1-22-31(26,27)17-11-13(3-9-16(17)28-2)4-10-19(25)29-12-18-23-24-20(30-18)14-5-7-15(21)8-6-14/h3-11,22H,12H2,1-2H3/b10-4+. The van der Waals surface area contributed by atoms with Gasteiger partial charge in [0.15, 0.2) is 6.61 Å². The first-order valence-electron chi connectivity index (χ1n) is 8.87. The third kappa shape index (κ3) is 5.69. The van der Waals surface area contributed by atoms with Crippen molar-refractivity contribution in [3.63, 3.8) is 0 Å². The van der Waals surface area contributed by atoms with Crippen LogP contribution in [0, 0.1) is 0 Å². The van der Waals surface area contributed by atoms with Gasteiger partial charge < -0.3 is 13.9 Å². The summed E-state index contributed by atoms with van der Waals surface area (Å²) in [5, 5.41) is 8.32. The number of rotatable bonds is 8. The molecule has 1 aromatic heterocycles. The third-order valence-corrected chi connectivity index (χ3v) is 5.74. The van der Waals surface area contributed by atoms with Gasteiger partial charge in [0.25, 0.3) is 5.89 Å². The van der Waals surface area contributed by atoms with Crippen LogP contribution in [0.1, 0.15) is 11.5 Å². The van der Waals surface area contributed by atoms with E-state index in [1.165, 1.54) is 32.4 Å². The van der Waals surface area contributed by atoms with Gasteiger partial charge in [-0.05, 0) is 55.1 Å². The molecule has 9 nitrogen and oxygen atoms in total. The summed E-state index contributed by atoms with van der Waals surface area (Å²) in [6.45, 7) is -0.217. The molecule has 11 heteroatoms. The Morgan fingerprint density at radius 3 is 2.61 bits per heavy atom. The number of carbonyl (C=O) groups excluding carboxylic acids is 1. The van der Waals surface area contributed by atoms with Gasteiger partial charge in [-0.1, -0.05) is 17.7 Å². The van der Waals surface area contributed by atoms with Gasteiger partial charge in [0, 0.05) is 16.7 Å². The molecule has 0 aliphatic heterocycles. The summed E-state index contributed by atoms with van der Waals surface area (Å²) < 4.78 is 42.1. The van der Waals surface area contributed by atoms with Crippen molar-refractivity contribution in [3.8, 4) is 17.2 Å². The number of carbonyl (C=O) groups is 1. The van der Waals surface area contributed by atoms with E-state index in [1.807, 2.05) is 0 Å². The Kier molecular flexibility index (Phi) is 7.06. The highest BCUT2D eigenvalue weighted by Crippen LogP contribution is 2.25. The zero-order valence-corrected chi connectivity index (χ0v) is 18.1. The number of esters is 1. The molecule has 1 heterocycles. The van der Waals surface area contributed by atoms with Crippen molar-refractivity contribution in [3.05, 3.63) is 65.0 Å². The zero-order chi connectivity index (χ0) is 22.4. The summed E-state index contributed by atoms with van der Waals surface area (Å²) in [7, 11) is -1.07. The van der Waals surface area contributed by atoms with E-state index in [0.29, 0.717) is 16.1 Å². The van der Waals surface area contributed by atoms with Crippen molar-refractivity contribution in [1.82, 2.24) is 14.9 Å². The topological polar surface area (TPSA) is 121 Å². The Bertz CT molecular complexity index is 1210. The van der Waals surface area contributed by atoms with E-state index in [4.69, 9.17) is 25.5 Å². The largest absolute Gasteiger partial charge is 0.495 e. The fourth-order valence-corrected chi connectivity index (χ4v) is 3.54. The van der Waals surface area contributed by atoms with Crippen LogP contribution in [0.25, 0.3) is 17.5 Å². The van der Waals surface area contributed by atoms with Gasteiger partial charge in [0.2, 0.25) is 15.9 Å². The predicted octanol–water partition coefficient (Wildman–Crippen LogP) is 3.06. The molecule has 31 heavy (non-hydrogen) atoms. The second kappa shape index (κ2) is 9.73.